The van der Waals surface area contributed by atoms with Gasteiger partial charge in [-0.1, -0.05) is 136 Å². The second kappa shape index (κ2) is 11.0. The van der Waals surface area contributed by atoms with Crippen LogP contribution in [0, 0.1) is 0 Å². The molecule has 2 aromatic rings. The molecule has 38 heavy (non-hydrogen) atoms. The fourth-order valence-corrected chi connectivity index (χ4v) is 8.33. The summed E-state index contributed by atoms with van der Waals surface area (Å²) in [5, 5.41) is 23.3. The lowest BCUT2D eigenvalue weighted by atomic mass is 9.75. The van der Waals surface area contributed by atoms with E-state index in [-0.39, 0.29) is 21.7 Å². The summed E-state index contributed by atoms with van der Waals surface area (Å²) in [5.74, 6) is 1.20. The molecule has 0 saturated heterocycles. The van der Waals surface area contributed by atoms with Crippen molar-refractivity contribution in [3.8, 4) is 11.5 Å². The Morgan fingerprint density at radius 3 is 1.58 bits per heavy atom. The maximum Gasteiger partial charge on any atom is 0.133 e. The Morgan fingerprint density at radius 2 is 1.08 bits per heavy atom. The summed E-state index contributed by atoms with van der Waals surface area (Å²) < 4.78 is 0. The van der Waals surface area contributed by atoms with E-state index in [0.717, 1.165) is 34.4 Å². The van der Waals surface area contributed by atoms with E-state index in [1.807, 2.05) is 10.8 Å². The normalized spacial score (nSPS) is 19.6. The maximum absolute atomic E-state index is 11.6. The number of aromatic hydroxyl groups is 2. The summed E-state index contributed by atoms with van der Waals surface area (Å²) in [6.07, 6.45) is 4.61. The SMILES string of the molecule is CC(C)(C)c1cc(SS[C@H]2CCCC[C@@H]2c2cc(C(C)(C)C)cc(C(C)(C)C)c2O)c(O)c(C(C)(C)C)c1. The van der Waals surface area contributed by atoms with Crippen molar-refractivity contribution in [2.45, 2.75) is 146 Å². The van der Waals surface area contributed by atoms with Crippen molar-refractivity contribution >= 4 is 21.6 Å². The van der Waals surface area contributed by atoms with Gasteiger partial charge in [0.2, 0.25) is 0 Å². The zero-order valence-corrected chi connectivity index (χ0v) is 27.6. The average Bonchev–Trinajstić information content (AvgIpc) is 2.75. The molecule has 212 valence electrons. The van der Waals surface area contributed by atoms with Gasteiger partial charge in [0.15, 0.2) is 0 Å². The van der Waals surface area contributed by atoms with Crippen LogP contribution in [-0.2, 0) is 21.7 Å². The Morgan fingerprint density at radius 1 is 0.605 bits per heavy atom. The maximum atomic E-state index is 11.6. The Bertz CT molecular complexity index is 1140. The highest BCUT2D eigenvalue weighted by molar-refractivity contribution is 8.77. The molecular weight excluding hydrogens is 505 g/mol. The van der Waals surface area contributed by atoms with E-state index in [0.29, 0.717) is 22.7 Å². The van der Waals surface area contributed by atoms with Crippen molar-refractivity contribution in [2.24, 2.45) is 0 Å². The lowest BCUT2D eigenvalue weighted by Gasteiger charge is -2.35. The van der Waals surface area contributed by atoms with E-state index >= 15 is 0 Å². The Kier molecular flexibility index (Phi) is 9.02. The molecule has 0 aliphatic heterocycles. The first-order valence-electron chi connectivity index (χ1n) is 14.3. The second-order valence-corrected chi connectivity index (χ2v) is 17.9. The van der Waals surface area contributed by atoms with Gasteiger partial charge >= 0.3 is 0 Å². The third-order valence-electron chi connectivity index (χ3n) is 7.93. The molecule has 2 aromatic carbocycles. The van der Waals surface area contributed by atoms with Crippen LogP contribution in [0.2, 0.25) is 0 Å². The molecule has 2 atom stereocenters. The standard InChI is InChI=1S/C34H52O2S2/c1-31(2,3)21-17-24(29(35)25(18-21)33(7,8)9)23-15-13-14-16-27(23)37-38-28-20-22(32(4,5)6)19-26(30(28)36)34(10,11)12/h17-20,23,27,35-36H,13-16H2,1-12H3/t23-,27+/m1/s1. The smallest absolute Gasteiger partial charge is 0.133 e. The number of rotatable bonds is 4. The van der Waals surface area contributed by atoms with Crippen molar-refractivity contribution < 1.29 is 10.2 Å². The highest BCUT2D eigenvalue weighted by Gasteiger charge is 2.34. The van der Waals surface area contributed by atoms with Gasteiger partial charge < -0.3 is 10.2 Å². The zero-order valence-electron chi connectivity index (χ0n) is 26.0. The highest BCUT2D eigenvalue weighted by Crippen LogP contribution is 2.53. The summed E-state index contributed by atoms with van der Waals surface area (Å²) in [6, 6.07) is 8.89. The molecule has 0 unspecified atom stereocenters. The van der Waals surface area contributed by atoms with Gasteiger partial charge in [-0.2, -0.15) is 0 Å². The molecule has 4 heteroatoms. The first-order chi connectivity index (χ1) is 17.2. The molecule has 0 spiro atoms. The zero-order chi connectivity index (χ0) is 28.8. The van der Waals surface area contributed by atoms with Crippen molar-refractivity contribution in [3.63, 3.8) is 0 Å². The Balaban J connectivity index is 2.03. The fraction of sp³-hybridized carbons (Fsp3) is 0.647. The lowest BCUT2D eigenvalue weighted by Crippen LogP contribution is -2.23. The van der Waals surface area contributed by atoms with Crippen LogP contribution in [0.1, 0.15) is 143 Å². The molecule has 0 amide bonds. The van der Waals surface area contributed by atoms with Crippen LogP contribution in [-0.4, -0.2) is 15.5 Å². The van der Waals surface area contributed by atoms with Gasteiger partial charge in [-0.15, -0.1) is 0 Å². The molecule has 0 bridgehead atoms. The second-order valence-electron chi connectivity index (χ2n) is 15.4. The van der Waals surface area contributed by atoms with E-state index < -0.39 is 0 Å². The molecular formula is C34H52O2S2. The summed E-state index contributed by atoms with van der Waals surface area (Å²) in [7, 11) is 3.61. The molecule has 1 fully saturated rings. The minimum absolute atomic E-state index is 0.00356. The molecule has 0 aromatic heterocycles. The van der Waals surface area contributed by atoms with Gasteiger partial charge in [-0.25, -0.2) is 0 Å². The third-order valence-corrected chi connectivity index (χ3v) is 10.9. The monoisotopic (exact) mass is 556 g/mol. The molecule has 1 aliphatic carbocycles. The predicted molar refractivity (Wildman–Crippen MR) is 169 cm³/mol. The van der Waals surface area contributed by atoms with Crippen LogP contribution in [0.5, 0.6) is 11.5 Å². The molecule has 0 radical (unpaired) electrons. The Labute approximate surface area is 241 Å². The van der Waals surface area contributed by atoms with Crippen LogP contribution in [0.4, 0.5) is 0 Å². The van der Waals surface area contributed by atoms with Gasteiger partial charge in [0, 0.05) is 16.7 Å². The number of phenolic OH excluding ortho intramolecular Hbond substituents is 2. The van der Waals surface area contributed by atoms with Crippen molar-refractivity contribution in [2.75, 3.05) is 0 Å². The summed E-state index contributed by atoms with van der Waals surface area (Å²) in [4.78, 5) is 0.958. The van der Waals surface area contributed by atoms with E-state index in [1.54, 1.807) is 10.8 Å². The van der Waals surface area contributed by atoms with Crippen LogP contribution < -0.4 is 0 Å². The molecule has 3 rings (SSSR count). The quantitative estimate of drug-likeness (QED) is 0.367. The van der Waals surface area contributed by atoms with Gasteiger partial charge in [-0.3, -0.25) is 0 Å². The molecule has 1 aliphatic rings. The van der Waals surface area contributed by atoms with Crippen LogP contribution in [0.15, 0.2) is 29.2 Å². The van der Waals surface area contributed by atoms with Crippen LogP contribution in [0.25, 0.3) is 0 Å². The van der Waals surface area contributed by atoms with Gasteiger partial charge in [0.25, 0.3) is 0 Å². The van der Waals surface area contributed by atoms with Crippen molar-refractivity contribution in [3.05, 3.63) is 52.1 Å². The number of phenols is 2. The average molecular weight is 557 g/mol. The van der Waals surface area contributed by atoms with Gasteiger partial charge in [-0.05, 0) is 62.8 Å². The van der Waals surface area contributed by atoms with E-state index in [4.69, 9.17) is 0 Å². The Hall–Kier alpha value is -1.26. The largest absolute Gasteiger partial charge is 0.507 e. The summed E-state index contributed by atoms with van der Waals surface area (Å²) >= 11 is 0. The predicted octanol–water partition coefficient (Wildman–Crippen LogP) is 10.8. The fourth-order valence-electron chi connectivity index (χ4n) is 5.30. The number of hydrogen-bond acceptors (Lipinski definition) is 4. The lowest BCUT2D eigenvalue weighted by molar-refractivity contribution is 0.407. The van der Waals surface area contributed by atoms with Gasteiger partial charge in [0.05, 0.1) is 4.90 Å². The summed E-state index contributed by atoms with van der Waals surface area (Å²) in [6.45, 7) is 26.6. The van der Waals surface area contributed by atoms with Crippen LogP contribution in [0.3, 0.4) is 0 Å². The van der Waals surface area contributed by atoms with E-state index in [2.05, 4.69) is 107 Å². The molecule has 2 nitrogen and oxygen atoms in total. The van der Waals surface area contributed by atoms with Crippen molar-refractivity contribution in [1.82, 2.24) is 0 Å². The van der Waals surface area contributed by atoms with E-state index in [9.17, 15) is 10.2 Å². The first-order valence-corrected chi connectivity index (χ1v) is 16.5. The van der Waals surface area contributed by atoms with E-state index in [1.165, 1.54) is 24.0 Å². The summed E-state index contributed by atoms with van der Waals surface area (Å²) in [5.41, 5.74) is 5.47. The number of hydrogen-bond donors (Lipinski definition) is 2. The topological polar surface area (TPSA) is 40.5 Å². The molecule has 2 N–H and O–H groups in total. The minimum Gasteiger partial charge on any atom is -0.507 e. The highest BCUT2D eigenvalue weighted by atomic mass is 33.1. The van der Waals surface area contributed by atoms with Crippen LogP contribution >= 0.6 is 21.6 Å². The van der Waals surface area contributed by atoms with Crippen molar-refractivity contribution in [1.29, 1.82) is 0 Å². The number of benzene rings is 2. The van der Waals surface area contributed by atoms with Gasteiger partial charge in [0.1, 0.15) is 11.5 Å². The first kappa shape index (κ1) is 31.3. The minimum atomic E-state index is -0.138. The third kappa shape index (κ3) is 7.08. The molecule has 0 heterocycles. The molecule has 1 saturated carbocycles.